The van der Waals surface area contributed by atoms with E-state index in [1.807, 2.05) is 6.92 Å². The van der Waals surface area contributed by atoms with Crippen LogP contribution in [0.4, 0.5) is 11.5 Å². The lowest BCUT2D eigenvalue weighted by Gasteiger charge is -2.37. The summed E-state index contributed by atoms with van der Waals surface area (Å²) >= 11 is 0. The first-order chi connectivity index (χ1) is 12.0. The Labute approximate surface area is 145 Å². The van der Waals surface area contributed by atoms with Crippen LogP contribution in [0, 0.1) is 0 Å². The maximum absolute atomic E-state index is 12.9. The Morgan fingerprint density at radius 1 is 1.32 bits per heavy atom. The van der Waals surface area contributed by atoms with Gasteiger partial charge in [-0.3, -0.25) is 14.5 Å². The molecule has 0 radical (unpaired) electrons. The summed E-state index contributed by atoms with van der Waals surface area (Å²) in [5.74, 6) is 0.213. The molecule has 1 aliphatic rings. The number of anilines is 2. The van der Waals surface area contributed by atoms with Gasteiger partial charge in [0.25, 0.3) is 17.4 Å². The van der Waals surface area contributed by atoms with E-state index in [2.05, 4.69) is 10.3 Å². The fraction of sp³-hybridized carbons (Fsp3) is 0.278. The van der Waals surface area contributed by atoms with Crippen LogP contribution in [-0.2, 0) is 9.59 Å². The number of aromatic nitrogens is 1. The van der Waals surface area contributed by atoms with Gasteiger partial charge >= 0.3 is 0 Å². The van der Waals surface area contributed by atoms with Crippen LogP contribution in [0.3, 0.4) is 0 Å². The Kier molecular flexibility index (Phi) is 4.31. The van der Waals surface area contributed by atoms with Gasteiger partial charge < -0.3 is 14.8 Å². The van der Waals surface area contributed by atoms with Crippen molar-refractivity contribution in [2.45, 2.75) is 19.4 Å². The van der Waals surface area contributed by atoms with Crippen LogP contribution in [0.25, 0.3) is 0 Å². The van der Waals surface area contributed by atoms with Crippen LogP contribution in [0.15, 0.2) is 42.6 Å². The van der Waals surface area contributed by atoms with Gasteiger partial charge in [-0.05, 0) is 38.1 Å². The average molecular weight is 341 g/mol. The molecular weight excluding hydrogens is 322 g/mol. The van der Waals surface area contributed by atoms with Crippen molar-refractivity contribution in [3.63, 3.8) is 0 Å². The second-order valence-electron chi connectivity index (χ2n) is 5.71. The van der Waals surface area contributed by atoms with Gasteiger partial charge in [0.2, 0.25) is 0 Å². The molecule has 0 aliphatic carbocycles. The maximum Gasteiger partial charge on any atom is 0.281 e. The first kappa shape index (κ1) is 16.8. The lowest BCUT2D eigenvalue weighted by Crippen LogP contribution is -2.60. The number of rotatable bonds is 4. The molecule has 0 spiro atoms. The van der Waals surface area contributed by atoms with E-state index in [1.54, 1.807) is 49.6 Å². The highest BCUT2D eigenvalue weighted by Gasteiger charge is 2.50. The highest BCUT2D eigenvalue weighted by Crippen LogP contribution is 2.36. The van der Waals surface area contributed by atoms with Crippen molar-refractivity contribution in [1.82, 2.24) is 4.98 Å². The number of nitrogens with zero attached hydrogens (tertiary/aromatic N) is 2. The molecule has 1 atom stereocenters. The van der Waals surface area contributed by atoms with Gasteiger partial charge in [-0.15, -0.1) is 0 Å². The highest BCUT2D eigenvalue weighted by atomic mass is 16.5. The summed E-state index contributed by atoms with van der Waals surface area (Å²) in [6.45, 7) is 3.76. The van der Waals surface area contributed by atoms with Crippen molar-refractivity contribution in [2.75, 3.05) is 23.9 Å². The quantitative estimate of drug-likeness (QED) is 0.863. The van der Waals surface area contributed by atoms with E-state index >= 15 is 0 Å². The van der Waals surface area contributed by atoms with Crippen molar-refractivity contribution in [1.29, 1.82) is 0 Å². The topological polar surface area (TPSA) is 80.8 Å². The normalized spacial score (nSPS) is 19.0. The third kappa shape index (κ3) is 2.88. The maximum atomic E-state index is 12.9. The van der Waals surface area contributed by atoms with E-state index in [0.717, 1.165) is 0 Å². The number of carbonyl (C=O) groups is 2. The summed E-state index contributed by atoms with van der Waals surface area (Å²) in [5, 5.41) is 2.73. The van der Waals surface area contributed by atoms with Gasteiger partial charge in [-0.25, -0.2) is 4.98 Å². The molecular formula is C18H19N3O4. The molecule has 2 amide bonds. The molecule has 1 aromatic carbocycles. The molecule has 3 rings (SSSR count). The molecule has 2 heterocycles. The summed E-state index contributed by atoms with van der Waals surface area (Å²) < 4.78 is 11.2. The Bertz CT molecular complexity index is 823. The van der Waals surface area contributed by atoms with Crippen LogP contribution in [-0.4, -0.2) is 36.1 Å². The molecule has 2 aromatic rings. The standard InChI is InChI=1S/C18H19N3O4/c1-4-24-13-9-6-5-8-12(13)20-16(22)18(2)17(23)21(3)15-14(25-18)10-7-11-19-15/h5-11H,4H2,1-3H3,(H,20,22). The smallest absolute Gasteiger partial charge is 0.281 e. The predicted octanol–water partition coefficient (Wildman–Crippen LogP) is 2.23. The zero-order chi connectivity index (χ0) is 18.0. The van der Waals surface area contributed by atoms with E-state index < -0.39 is 17.4 Å². The molecule has 7 heteroatoms. The number of nitrogens with one attached hydrogen (secondary N) is 1. The summed E-state index contributed by atoms with van der Waals surface area (Å²) in [6.07, 6.45) is 1.56. The Morgan fingerprint density at radius 3 is 2.84 bits per heavy atom. The van der Waals surface area contributed by atoms with Gasteiger partial charge in [0, 0.05) is 13.2 Å². The molecule has 1 aliphatic heterocycles. The van der Waals surface area contributed by atoms with Crippen molar-refractivity contribution >= 4 is 23.3 Å². The first-order valence-corrected chi connectivity index (χ1v) is 7.93. The Hall–Kier alpha value is -3.09. The van der Waals surface area contributed by atoms with Crippen molar-refractivity contribution in [2.24, 2.45) is 0 Å². The lowest BCUT2D eigenvalue weighted by molar-refractivity contribution is -0.145. The van der Waals surface area contributed by atoms with E-state index in [-0.39, 0.29) is 0 Å². The molecule has 0 saturated carbocycles. The summed E-state index contributed by atoms with van der Waals surface area (Å²) in [5.41, 5.74) is -1.23. The minimum atomic E-state index is -1.70. The molecule has 7 nitrogen and oxygen atoms in total. The van der Waals surface area contributed by atoms with Crippen LogP contribution in [0.2, 0.25) is 0 Å². The third-order valence-electron chi connectivity index (χ3n) is 3.96. The second kappa shape index (κ2) is 6.43. The molecule has 1 aromatic heterocycles. The third-order valence-corrected chi connectivity index (χ3v) is 3.96. The van der Waals surface area contributed by atoms with E-state index in [9.17, 15) is 9.59 Å². The average Bonchev–Trinajstić information content (AvgIpc) is 2.61. The molecule has 0 bridgehead atoms. The molecule has 0 saturated heterocycles. The lowest BCUT2D eigenvalue weighted by atomic mass is 10.0. The molecule has 130 valence electrons. The van der Waals surface area contributed by atoms with Crippen molar-refractivity contribution < 1.29 is 19.1 Å². The number of fused-ring (bicyclic) bond motifs is 1. The SMILES string of the molecule is CCOc1ccccc1NC(=O)C1(C)Oc2cccnc2N(C)C1=O. The summed E-state index contributed by atoms with van der Waals surface area (Å²) in [7, 11) is 1.57. The van der Waals surface area contributed by atoms with Crippen LogP contribution < -0.4 is 19.7 Å². The largest absolute Gasteiger partial charge is 0.492 e. The minimum absolute atomic E-state index is 0.375. The number of hydrogen-bond acceptors (Lipinski definition) is 5. The van der Waals surface area contributed by atoms with Crippen molar-refractivity contribution in [3.05, 3.63) is 42.6 Å². The molecule has 1 N–H and O–H groups in total. The number of benzene rings is 1. The summed E-state index contributed by atoms with van der Waals surface area (Å²) in [4.78, 5) is 31.0. The number of para-hydroxylation sites is 2. The van der Waals surface area contributed by atoms with E-state index in [4.69, 9.17) is 9.47 Å². The fourth-order valence-corrected chi connectivity index (χ4v) is 2.63. The fourth-order valence-electron chi connectivity index (χ4n) is 2.63. The zero-order valence-corrected chi connectivity index (χ0v) is 14.3. The Balaban J connectivity index is 1.91. The van der Waals surface area contributed by atoms with Crippen LogP contribution >= 0.6 is 0 Å². The van der Waals surface area contributed by atoms with Crippen LogP contribution in [0.5, 0.6) is 11.5 Å². The Morgan fingerprint density at radius 2 is 2.08 bits per heavy atom. The number of amides is 2. The van der Waals surface area contributed by atoms with Gasteiger partial charge in [0.1, 0.15) is 5.75 Å². The molecule has 0 fully saturated rings. The monoisotopic (exact) mass is 341 g/mol. The number of likely N-dealkylation sites (N-methyl/N-ethyl adjacent to an activating group) is 1. The highest BCUT2D eigenvalue weighted by molar-refractivity contribution is 6.19. The summed E-state index contributed by atoms with van der Waals surface area (Å²) in [6, 6.07) is 10.4. The predicted molar refractivity (Wildman–Crippen MR) is 92.9 cm³/mol. The number of ether oxygens (including phenoxy) is 2. The molecule has 1 unspecified atom stereocenters. The van der Waals surface area contributed by atoms with Gasteiger partial charge in [-0.1, -0.05) is 12.1 Å². The van der Waals surface area contributed by atoms with E-state index in [0.29, 0.717) is 29.6 Å². The van der Waals surface area contributed by atoms with E-state index in [1.165, 1.54) is 11.8 Å². The minimum Gasteiger partial charge on any atom is -0.492 e. The number of pyridine rings is 1. The van der Waals surface area contributed by atoms with Gasteiger partial charge in [-0.2, -0.15) is 0 Å². The number of carbonyl (C=O) groups excluding carboxylic acids is 2. The number of hydrogen-bond donors (Lipinski definition) is 1. The van der Waals surface area contributed by atoms with Crippen LogP contribution in [0.1, 0.15) is 13.8 Å². The van der Waals surface area contributed by atoms with Gasteiger partial charge in [0.05, 0.1) is 12.3 Å². The zero-order valence-electron chi connectivity index (χ0n) is 14.3. The van der Waals surface area contributed by atoms with Gasteiger partial charge in [0.15, 0.2) is 11.6 Å². The first-order valence-electron chi connectivity index (χ1n) is 7.93. The molecule has 25 heavy (non-hydrogen) atoms. The van der Waals surface area contributed by atoms with Crippen molar-refractivity contribution in [3.8, 4) is 11.5 Å². The second-order valence-corrected chi connectivity index (χ2v) is 5.71.